The summed E-state index contributed by atoms with van der Waals surface area (Å²) in [7, 11) is 0. The number of aromatic nitrogens is 1. The second-order valence-electron chi connectivity index (χ2n) is 6.52. The zero-order valence-corrected chi connectivity index (χ0v) is 13.7. The van der Waals surface area contributed by atoms with Gasteiger partial charge in [0, 0.05) is 6.54 Å². The maximum Gasteiger partial charge on any atom is 0.0880 e. The van der Waals surface area contributed by atoms with Gasteiger partial charge in [-0.2, -0.15) is 0 Å². The fraction of sp³-hybridized carbons (Fsp3) is 0.278. The van der Waals surface area contributed by atoms with Crippen LogP contribution in [-0.2, 0) is 12.0 Å². The van der Waals surface area contributed by atoms with Gasteiger partial charge in [0.2, 0.25) is 0 Å². The second kappa shape index (κ2) is 5.29. The van der Waals surface area contributed by atoms with Crippen LogP contribution in [0, 0.1) is 0 Å². The lowest BCUT2D eigenvalue weighted by atomic mass is 9.87. The first-order valence-electron chi connectivity index (χ1n) is 7.24. The molecule has 2 heterocycles. The highest BCUT2D eigenvalue weighted by molar-refractivity contribution is 7.17. The molecule has 0 atom stereocenters. The third kappa shape index (κ3) is 2.66. The molecule has 3 nitrogen and oxygen atoms in total. The Kier molecular flexibility index (Phi) is 3.57. The Morgan fingerprint density at radius 3 is 2.45 bits per heavy atom. The molecule has 0 saturated heterocycles. The van der Waals surface area contributed by atoms with Crippen molar-refractivity contribution < 1.29 is 9.90 Å². The zero-order chi connectivity index (χ0) is 15.9. The molecule has 3 aromatic rings. The summed E-state index contributed by atoms with van der Waals surface area (Å²) in [6.07, 6.45) is 0. The van der Waals surface area contributed by atoms with E-state index in [9.17, 15) is 9.90 Å². The monoisotopic (exact) mass is 312 g/mol. The van der Waals surface area contributed by atoms with Crippen LogP contribution in [-0.4, -0.2) is 10.5 Å². The van der Waals surface area contributed by atoms with E-state index in [0.29, 0.717) is 6.54 Å². The smallest absolute Gasteiger partial charge is 0.0880 e. The number of aromatic carboxylic acids is 1. The van der Waals surface area contributed by atoms with Crippen LogP contribution in [0.25, 0.3) is 10.2 Å². The van der Waals surface area contributed by atoms with E-state index < -0.39 is 5.97 Å². The van der Waals surface area contributed by atoms with Crippen molar-refractivity contribution in [2.24, 2.45) is 0 Å². The molecule has 0 radical (unpaired) electrons. The minimum Gasteiger partial charge on any atom is -0.543 e. The molecular weight excluding hydrogens is 294 g/mol. The van der Waals surface area contributed by atoms with Crippen molar-refractivity contribution in [3.8, 4) is 0 Å². The van der Waals surface area contributed by atoms with Gasteiger partial charge in [-0.1, -0.05) is 45.0 Å². The highest BCUT2D eigenvalue weighted by atomic mass is 32.1. The van der Waals surface area contributed by atoms with Crippen LogP contribution in [0.1, 0.15) is 42.4 Å². The molecule has 0 aliphatic heterocycles. The zero-order valence-electron chi connectivity index (χ0n) is 12.9. The standard InChI is InChI=1S/C18H19NO2S/c1-18(2,3)13-6-4-12(5-7-13)11-19-14-8-9-22-16(14)10-15(19)17(20)21/h4-10H,11H2,1-3H3,(H,20,21)/p-1. The molecule has 0 spiro atoms. The number of carboxylic acid groups (broad SMARTS) is 1. The number of hydrogen-bond donors (Lipinski definition) is 0. The largest absolute Gasteiger partial charge is 0.543 e. The molecule has 4 heteroatoms. The van der Waals surface area contributed by atoms with Crippen molar-refractivity contribution in [2.75, 3.05) is 0 Å². The number of benzene rings is 1. The first-order chi connectivity index (χ1) is 10.4. The van der Waals surface area contributed by atoms with Gasteiger partial charge in [0.15, 0.2) is 0 Å². The van der Waals surface area contributed by atoms with Crippen LogP contribution in [0.15, 0.2) is 41.8 Å². The van der Waals surface area contributed by atoms with Crippen molar-refractivity contribution in [1.82, 2.24) is 4.57 Å². The van der Waals surface area contributed by atoms with Gasteiger partial charge in [-0.15, -0.1) is 11.3 Å². The Labute approximate surface area is 133 Å². The summed E-state index contributed by atoms with van der Waals surface area (Å²) < 4.78 is 2.79. The molecule has 0 saturated carbocycles. The van der Waals surface area contributed by atoms with E-state index in [1.165, 1.54) is 5.56 Å². The molecule has 0 amide bonds. The number of carboxylic acids is 1. The van der Waals surface area contributed by atoms with Crippen molar-refractivity contribution in [3.05, 3.63) is 58.6 Å². The Morgan fingerprint density at radius 1 is 1.18 bits per heavy atom. The van der Waals surface area contributed by atoms with Gasteiger partial charge < -0.3 is 14.5 Å². The molecule has 1 aromatic carbocycles. The summed E-state index contributed by atoms with van der Waals surface area (Å²) >= 11 is 1.54. The van der Waals surface area contributed by atoms with E-state index >= 15 is 0 Å². The molecule has 0 aliphatic rings. The molecule has 0 aliphatic carbocycles. The highest BCUT2D eigenvalue weighted by Gasteiger charge is 2.14. The normalized spacial score (nSPS) is 12.0. The van der Waals surface area contributed by atoms with Gasteiger partial charge in [-0.25, -0.2) is 0 Å². The number of fused-ring (bicyclic) bond motifs is 1. The van der Waals surface area contributed by atoms with Crippen LogP contribution in [0.2, 0.25) is 0 Å². The van der Waals surface area contributed by atoms with Gasteiger partial charge in [0.05, 0.1) is 21.9 Å². The molecule has 114 valence electrons. The SMILES string of the molecule is CC(C)(C)c1ccc(Cn2c(C(=O)[O-])cc3sccc32)cc1. The van der Waals surface area contributed by atoms with Crippen LogP contribution in [0.5, 0.6) is 0 Å². The lowest BCUT2D eigenvalue weighted by Gasteiger charge is -2.19. The quantitative estimate of drug-likeness (QED) is 0.744. The van der Waals surface area contributed by atoms with E-state index in [-0.39, 0.29) is 11.1 Å². The molecule has 0 unspecified atom stereocenters. The lowest BCUT2D eigenvalue weighted by molar-refractivity contribution is -0.255. The predicted octanol–water partition coefficient (Wildman–Crippen LogP) is 3.41. The number of hydrogen-bond acceptors (Lipinski definition) is 3. The van der Waals surface area contributed by atoms with Crippen molar-refractivity contribution >= 4 is 27.5 Å². The van der Waals surface area contributed by atoms with E-state index in [4.69, 9.17) is 0 Å². The van der Waals surface area contributed by atoms with E-state index in [1.807, 2.05) is 16.0 Å². The van der Waals surface area contributed by atoms with Gasteiger partial charge in [0.1, 0.15) is 0 Å². The number of nitrogens with zero attached hydrogens (tertiary/aromatic N) is 1. The van der Waals surface area contributed by atoms with Gasteiger partial charge >= 0.3 is 0 Å². The number of carbonyl (C=O) groups excluding carboxylic acids is 1. The molecule has 22 heavy (non-hydrogen) atoms. The topological polar surface area (TPSA) is 45.1 Å². The van der Waals surface area contributed by atoms with Crippen LogP contribution >= 0.6 is 11.3 Å². The summed E-state index contributed by atoms with van der Waals surface area (Å²) in [5, 5.41) is 13.3. The minimum atomic E-state index is -1.13. The maximum absolute atomic E-state index is 11.3. The third-order valence-electron chi connectivity index (χ3n) is 3.89. The second-order valence-corrected chi connectivity index (χ2v) is 7.47. The van der Waals surface area contributed by atoms with Gasteiger partial charge in [0.25, 0.3) is 0 Å². The summed E-state index contributed by atoms with van der Waals surface area (Å²) in [6.45, 7) is 7.07. The number of rotatable bonds is 3. The first-order valence-corrected chi connectivity index (χ1v) is 8.12. The van der Waals surface area contributed by atoms with Crippen molar-refractivity contribution in [1.29, 1.82) is 0 Å². The van der Waals surface area contributed by atoms with Gasteiger partial charge in [-0.3, -0.25) is 0 Å². The van der Waals surface area contributed by atoms with E-state index in [2.05, 4.69) is 45.0 Å². The minimum absolute atomic E-state index is 0.114. The van der Waals surface area contributed by atoms with Crippen LogP contribution in [0.4, 0.5) is 0 Å². The maximum atomic E-state index is 11.3. The average Bonchev–Trinajstić information content (AvgIpc) is 3.01. The molecule has 0 N–H and O–H groups in total. The Morgan fingerprint density at radius 2 is 1.86 bits per heavy atom. The Bertz CT molecular complexity index is 819. The van der Waals surface area contributed by atoms with Crippen LogP contribution < -0.4 is 5.11 Å². The Hall–Kier alpha value is -2.07. The van der Waals surface area contributed by atoms with Crippen molar-refractivity contribution in [2.45, 2.75) is 32.7 Å². The molecule has 3 rings (SSSR count). The average molecular weight is 312 g/mol. The van der Waals surface area contributed by atoms with Crippen LogP contribution in [0.3, 0.4) is 0 Å². The van der Waals surface area contributed by atoms with E-state index in [1.54, 1.807) is 17.4 Å². The lowest BCUT2D eigenvalue weighted by Crippen LogP contribution is -2.25. The molecule has 0 fully saturated rings. The highest BCUT2D eigenvalue weighted by Crippen LogP contribution is 2.27. The first kappa shape index (κ1) is 14.9. The molecule has 2 aromatic heterocycles. The molecule has 0 bridgehead atoms. The van der Waals surface area contributed by atoms with Crippen molar-refractivity contribution in [3.63, 3.8) is 0 Å². The van der Waals surface area contributed by atoms with Gasteiger partial charge in [-0.05, 0) is 34.1 Å². The third-order valence-corrected chi connectivity index (χ3v) is 4.75. The summed E-state index contributed by atoms with van der Waals surface area (Å²) in [6, 6.07) is 12.0. The molecular formula is C18H18NO2S-. The fourth-order valence-electron chi connectivity index (χ4n) is 2.61. The summed E-state index contributed by atoms with van der Waals surface area (Å²) in [5.41, 5.74) is 3.65. The van der Waals surface area contributed by atoms with E-state index in [0.717, 1.165) is 15.8 Å². The number of thiophene rings is 1. The summed E-state index contributed by atoms with van der Waals surface area (Å²) in [4.78, 5) is 11.3. The predicted molar refractivity (Wildman–Crippen MR) is 88.4 cm³/mol. The summed E-state index contributed by atoms with van der Waals surface area (Å²) in [5.74, 6) is -1.13. The number of carbonyl (C=O) groups is 1. The fourth-order valence-corrected chi connectivity index (χ4v) is 3.43. The Balaban J connectivity index is 1.97.